The predicted octanol–water partition coefficient (Wildman–Crippen LogP) is 3.56. The summed E-state index contributed by atoms with van der Waals surface area (Å²) >= 11 is 3.19. The van der Waals surface area contributed by atoms with E-state index in [4.69, 9.17) is 4.74 Å². The zero-order valence-corrected chi connectivity index (χ0v) is 11.8. The Morgan fingerprint density at radius 2 is 2.00 bits per heavy atom. The highest BCUT2D eigenvalue weighted by Gasteiger charge is 2.19. The molecule has 0 spiro atoms. The molecular weight excluding hydrogens is 314 g/mol. The molecule has 0 amide bonds. The lowest BCUT2D eigenvalue weighted by molar-refractivity contribution is -0.385. The number of hydrogen-bond acceptors (Lipinski definition) is 5. The van der Waals surface area contributed by atoms with Crippen LogP contribution in [-0.2, 0) is 0 Å². The van der Waals surface area contributed by atoms with Crippen molar-refractivity contribution in [2.24, 2.45) is 0 Å². The summed E-state index contributed by atoms with van der Waals surface area (Å²) in [6.07, 6.45) is 1.31. The summed E-state index contributed by atoms with van der Waals surface area (Å²) in [7, 11) is 0. The Kier molecular flexibility index (Phi) is 3.75. The average Bonchev–Trinajstić information content (AvgIpc) is 2.32. The Balaban J connectivity index is 2.47. The van der Waals surface area contributed by atoms with Crippen molar-refractivity contribution >= 4 is 21.6 Å². The fourth-order valence-corrected chi connectivity index (χ4v) is 1.97. The van der Waals surface area contributed by atoms with Gasteiger partial charge in [-0.15, -0.1) is 0 Å². The molecular formula is C12H10BrN3O3. The first kappa shape index (κ1) is 13.4. The standard InChI is InChI=1S/C12H10BrN3O3/c1-7-3-8(2)12(9(4-7)16(17)18)19-11-5-10(13)14-6-15-11/h3-6H,1-2H3. The van der Waals surface area contributed by atoms with Crippen LogP contribution in [0.15, 0.2) is 29.1 Å². The van der Waals surface area contributed by atoms with E-state index in [9.17, 15) is 10.1 Å². The summed E-state index contributed by atoms with van der Waals surface area (Å²) in [6.45, 7) is 3.55. The normalized spacial score (nSPS) is 10.3. The van der Waals surface area contributed by atoms with Crippen LogP contribution in [0.3, 0.4) is 0 Å². The minimum absolute atomic E-state index is 0.0766. The molecule has 0 radical (unpaired) electrons. The lowest BCUT2D eigenvalue weighted by Gasteiger charge is -2.09. The molecule has 1 aromatic heterocycles. The first-order valence-corrected chi connectivity index (χ1v) is 6.17. The van der Waals surface area contributed by atoms with Gasteiger partial charge in [-0.2, -0.15) is 0 Å². The number of nitro groups is 1. The fourth-order valence-electron chi connectivity index (χ4n) is 1.68. The molecule has 0 atom stereocenters. The second-order valence-electron chi connectivity index (χ2n) is 3.97. The molecule has 0 N–H and O–H groups in total. The lowest BCUT2D eigenvalue weighted by atomic mass is 10.1. The monoisotopic (exact) mass is 323 g/mol. The Hall–Kier alpha value is -2.02. The molecule has 2 aromatic rings. The number of halogens is 1. The van der Waals surface area contributed by atoms with Gasteiger partial charge >= 0.3 is 5.69 Å². The van der Waals surface area contributed by atoms with Gasteiger partial charge in [0.1, 0.15) is 10.9 Å². The quantitative estimate of drug-likeness (QED) is 0.490. The molecule has 19 heavy (non-hydrogen) atoms. The Bertz CT molecular complexity index is 646. The average molecular weight is 324 g/mol. The second-order valence-corrected chi connectivity index (χ2v) is 4.78. The molecule has 7 heteroatoms. The predicted molar refractivity (Wildman–Crippen MR) is 72.4 cm³/mol. The molecule has 0 aliphatic rings. The summed E-state index contributed by atoms with van der Waals surface area (Å²) in [5.74, 6) is 0.443. The maximum Gasteiger partial charge on any atom is 0.312 e. The van der Waals surface area contributed by atoms with E-state index >= 15 is 0 Å². The first-order chi connectivity index (χ1) is 8.97. The SMILES string of the molecule is Cc1cc(C)c(Oc2cc(Br)ncn2)c([N+](=O)[O-])c1. The second kappa shape index (κ2) is 5.31. The highest BCUT2D eigenvalue weighted by Crippen LogP contribution is 2.35. The smallest absolute Gasteiger partial charge is 0.312 e. The largest absolute Gasteiger partial charge is 0.431 e. The number of hydrogen-bond donors (Lipinski definition) is 0. The van der Waals surface area contributed by atoms with E-state index in [1.54, 1.807) is 19.9 Å². The van der Waals surface area contributed by atoms with E-state index in [0.29, 0.717) is 10.2 Å². The minimum Gasteiger partial charge on any atom is -0.431 e. The molecule has 6 nitrogen and oxygen atoms in total. The van der Waals surface area contributed by atoms with Gasteiger partial charge in [0.25, 0.3) is 0 Å². The van der Waals surface area contributed by atoms with Gasteiger partial charge in [0.05, 0.1) is 4.92 Å². The molecule has 1 aromatic carbocycles. The van der Waals surface area contributed by atoms with Crippen molar-refractivity contribution in [3.8, 4) is 11.6 Å². The highest BCUT2D eigenvalue weighted by atomic mass is 79.9. The molecule has 0 aliphatic heterocycles. The third kappa shape index (κ3) is 3.05. The summed E-state index contributed by atoms with van der Waals surface area (Å²) in [5.41, 5.74) is 1.41. The van der Waals surface area contributed by atoms with Gasteiger partial charge < -0.3 is 4.74 Å². The number of aryl methyl sites for hydroxylation is 2. The molecule has 0 fully saturated rings. The van der Waals surface area contributed by atoms with Gasteiger partial charge in [0.2, 0.25) is 11.6 Å². The molecule has 98 valence electrons. The van der Waals surface area contributed by atoms with Gasteiger partial charge in [-0.05, 0) is 40.9 Å². The molecule has 0 unspecified atom stereocenters. The van der Waals surface area contributed by atoms with E-state index in [1.807, 2.05) is 6.07 Å². The zero-order valence-electron chi connectivity index (χ0n) is 10.3. The molecule has 0 saturated carbocycles. The molecule has 2 rings (SSSR count). The number of rotatable bonds is 3. The van der Waals surface area contributed by atoms with Crippen molar-refractivity contribution in [1.82, 2.24) is 9.97 Å². The van der Waals surface area contributed by atoms with Crippen LogP contribution in [0.4, 0.5) is 5.69 Å². The van der Waals surface area contributed by atoms with Gasteiger partial charge in [0, 0.05) is 12.1 Å². The maximum atomic E-state index is 11.1. The van der Waals surface area contributed by atoms with Crippen molar-refractivity contribution in [2.75, 3.05) is 0 Å². The topological polar surface area (TPSA) is 78.2 Å². The first-order valence-electron chi connectivity index (χ1n) is 5.38. The fraction of sp³-hybridized carbons (Fsp3) is 0.167. The third-order valence-electron chi connectivity index (χ3n) is 2.41. The Morgan fingerprint density at radius 1 is 1.26 bits per heavy atom. The van der Waals surface area contributed by atoms with Crippen molar-refractivity contribution in [3.05, 3.63) is 50.4 Å². The number of benzene rings is 1. The van der Waals surface area contributed by atoms with Crippen LogP contribution in [-0.4, -0.2) is 14.9 Å². The molecule has 0 bridgehead atoms. The van der Waals surface area contributed by atoms with Gasteiger partial charge in [0.15, 0.2) is 0 Å². The van der Waals surface area contributed by atoms with Crippen molar-refractivity contribution in [3.63, 3.8) is 0 Å². The summed E-state index contributed by atoms with van der Waals surface area (Å²) in [5, 5.41) is 11.1. The maximum absolute atomic E-state index is 11.1. The van der Waals surface area contributed by atoms with E-state index < -0.39 is 4.92 Å². The van der Waals surface area contributed by atoms with Crippen LogP contribution >= 0.6 is 15.9 Å². The van der Waals surface area contributed by atoms with Crippen LogP contribution in [0.2, 0.25) is 0 Å². The van der Waals surface area contributed by atoms with Crippen LogP contribution in [0.25, 0.3) is 0 Å². The van der Waals surface area contributed by atoms with Gasteiger partial charge in [-0.1, -0.05) is 6.07 Å². The summed E-state index contributed by atoms with van der Waals surface area (Å²) in [4.78, 5) is 18.4. The molecule has 0 aliphatic carbocycles. The van der Waals surface area contributed by atoms with E-state index in [2.05, 4.69) is 25.9 Å². The van der Waals surface area contributed by atoms with Crippen LogP contribution in [0.1, 0.15) is 11.1 Å². The summed E-state index contributed by atoms with van der Waals surface area (Å²) < 4.78 is 6.06. The van der Waals surface area contributed by atoms with Crippen LogP contribution in [0.5, 0.6) is 11.6 Å². The van der Waals surface area contributed by atoms with Gasteiger partial charge in [-0.3, -0.25) is 10.1 Å². The van der Waals surface area contributed by atoms with Crippen LogP contribution in [0, 0.1) is 24.0 Å². The van der Waals surface area contributed by atoms with Crippen LogP contribution < -0.4 is 4.74 Å². The van der Waals surface area contributed by atoms with E-state index in [0.717, 1.165) is 5.56 Å². The van der Waals surface area contributed by atoms with E-state index in [1.165, 1.54) is 12.4 Å². The van der Waals surface area contributed by atoms with Crippen molar-refractivity contribution in [2.45, 2.75) is 13.8 Å². The number of nitro benzene ring substituents is 1. The number of nitrogens with zero attached hydrogens (tertiary/aromatic N) is 3. The van der Waals surface area contributed by atoms with Gasteiger partial charge in [-0.25, -0.2) is 9.97 Å². The van der Waals surface area contributed by atoms with E-state index in [-0.39, 0.29) is 17.3 Å². The summed E-state index contributed by atoms with van der Waals surface area (Å²) in [6, 6.07) is 4.83. The number of aromatic nitrogens is 2. The number of ether oxygens (including phenoxy) is 1. The highest BCUT2D eigenvalue weighted by molar-refractivity contribution is 9.10. The van der Waals surface area contributed by atoms with Crippen molar-refractivity contribution in [1.29, 1.82) is 0 Å². The van der Waals surface area contributed by atoms with Crippen molar-refractivity contribution < 1.29 is 9.66 Å². The Labute approximate surface area is 117 Å². The Morgan fingerprint density at radius 3 is 2.63 bits per heavy atom. The zero-order chi connectivity index (χ0) is 14.0. The third-order valence-corrected chi connectivity index (χ3v) is 2.84. The molecule has 1 heterocycles. The molecule has 0 saturated heterocycles. The minimum atomic E-state index is -0.467. The lowest BCUT2D eigenvalue weighted by Crippen LogP contribution is -1.98.